The average molecular weight is 348 g/mol. The molecule has 0 spiro atoms. The summed E-state index contributed by atoms with van der Waals surface area (Å²) in [7, 11) is 2.16. The quantitative estimate of drug-likeness (QED) is 0.848. The van der Waals surface area contributed by atoms with E-state index in [1.807, 2.05) is 24.3 Å². The van der Waals surface area contributed by atoms with E-state index in [0.717, 1.165) is 51.2 Å². The molecule has 7 heteroatoms. The minimum Gasteiger partial charge on any atom is -0.408 e. The van der Waals surface area contributed by atoms with Crippen LogP contribution in [0.4, 0.5) is 0 Å². The molecule has 0 N–H and O–H groups in total. The first kappa shape index (κ1) is 19.0. The summed E-state index contributed by atoms with van der Waals surface area (Å²) < 4.78 is 6.98. The maximum Gasteiger partial charge on any atom is 0.419 e. The number of para-hydroxylation sites is 2. The predicted molar refractivity (Wildman–Crippen MR) is 93.5 cm³/mol. The Morgan fingerprint density at radius 3 is 2.45 bits per heavy atom. The fraction of sp³-hybridized carbons (Fsp3) is 0.533. The van der Waals surface area contributed by atoms with Crippen LogP contribution in [0.25, 0.3) is 11.1 Å². The van der Waals surface area contributed by atoms with Gasteiger partial charge in [-0.2, -0.15) is 0 Å². The second-order valence-electron chi connectivity index (χ2n) is 5.49. The third-order valence-electron chi connectivity index (χ3n) is 4.03. The highest BCUT2D eigenvalue weighted by molar-refractivity contribution is 5.85. The molecule has 0 saturated carbocycles. The van der Waals surface area contributed by atoms with Crippen molar-refractivity contribution in [3.05, 3.63) is 34.8 Å². The van der Waals surface area contributed by atoms with Gasteiger partial charge < -0.3 is 14.2 Å². The molecule has 0 radical (unpaired) electrons. The fourth-order valence-electron chi connectivity index (χ4n) is 2.75. The van der Waals surface area contributed by atoms with Gasteiger partial charge >= 0.3 is 5.76 Å². The predicted octanol–water partition coefficient (Wildman–Crippen LogP) is 2.08. The molecule has 124 valence electrons. The molecule has 0 aliphatic carbocycles. The number of hydrogen-bond donors (Lipinski definition) is 0. The van der Waals surface area contributed by atoms with Gasteiger partial charge in [-0.1, -0.05) is 12.1 Å². The Hall–Kier alpha value is -1.01. The molecule has 1 aliphatic rings. The monoisotopic (exact) mass is 347 g/mol. The minimum absolute atomic E-state index is 0. The van der Waals surface area contributed by atoms with E-state index in [9.17, 15) is 4.79 Å². The zero-order valence-corrected chi connectivity index (χ0v) is 14.4. The molecular formula is C15H23Cl2N3O2. The molecule has 0 amide bonds. The van der Waals surface area contributed by atoms with Gasteiger partial charge in [0.15, 0.2) is 5.58 Å². The summed E-state index contributed by atoms with van der Waals surface area (Å²) in [5, 5.41) is 0. The Bertz CT molecular complexity index is 633. The standard InChI is InChI=1S/C15H21N3O2.2ClH/c1-16-9-11-17(12-10-16)7-4-8-18-13-5-2-3-6-14(13)20-15(18)19;;/h2-3,5-6H,4,7-12H2,1H3;2*1H. The molecule has 5 nitrogen and oxygen atoms in total. The number of oxazole rings is 1. The maximum atomic E-state index is 11.8. The third kappa shape index (κ3) is 4.26. The van der Waals surface area contributed by atoms with Crippen LogP contribution in [0.1, 0.15) is 6.42 Å². The first-order valence-electron chi connectivity index (χ1n) is 7.23. The molecular weight excluding hydrogens is 325 g/mol. The summed E-state index contributed by atoms with van der Waals surface area (Å²) in [5.41, 5.74) is 1.58. The molecule has 0 unspecified atom stereocenters. The number of nitrogens with zero attached hydrogens (tertiary/aromatic N) is 3. The van der Waals surface area contributed by atoms with Gasteiger partial charge in [-0.05, 0) is 32.1 Å². The molecule has 1 aliphatic heterocycles. The molecule has 2 heterocycles. The van der Waals surface area contributed by atoms with E-state index >= 15 is 0 Å². The lowest BCUT2D eigenvalue weighted by Gasteiger charge is -2.32. The van der Waals surface area contributed by atoms with Crippen molar-refractivity contribution in [3.63, 3.8) is 0 Å². The highest BCUT2D eigenvalue weighted by atomic mass is 35.5. The largest absolute Gasteiger partial charge is 0.419 e. The second kappa shape index (κ2) is 8.58. The summed E-state index contributed by atoms with van der Waals surface area (Å²) in [5.74, 6) is -0.246. The van der Waals surface area contributed by atoms with Gasteiger partial charge in [0, 0.05) is 32.7 Å². The van der Waals surface area contributed by atoms with Crippen LogP contribution in [0.2, 0.25) is 0 Å². The normalized spacial score (nSPS) is 16.2. The smallest absolute Gasteiger partial charge is 0.408 e. The van der Waals surface area contributed by atoms with E-state index in [-0.39, 0.29) is 30.6 Å². The maximum absolute atomic E-state index is 11.8. The number of hydrogen-bond acceptors (Lipinski definition) is 4. The van der Waals surface area contributed by atoms with Crippen molar-refractivity contribution in [3.8, 4) is 0 Å². The molecule has 1 aromatic carbocycles. The Balaban J connectivity index is 0.00000121. The average Bonchev–Trinajstić information content (AvgIpc) is 2.77. The molecule has 2 aromatic rings. The van der Waals surface area contributed by atoms with Crippen LogP contribution in [0.3, 0.4) is 0 Å². The first-order chi connectivity index (χ1) is 9.74. The summed E-state index contributed by atoms with van der Waals surface area (Å²) in [6.45, 7) is 6.28. The van der Waals surface area contributed by atoms with Crippen molar-refractivity contribution in [1.29, 1.82) is 0 Å². The SMILES string of the molecule is CN1CCN(CCCn2c(=O)oc3ccccc32)CC1.Cl.Cl. The van der Waals surface area contributed by atoms with Gasteiger partial charge in [-0.15, -0.1) is 24.8 Å². The van der Waals surface area contributed by atoms with Crippen molar-refractivity contribution in [1.82, 2.24) is 14.4 Å². The first-order valence-corrected chi connectivity index (χ1v) is 7.23. The van der Waals surface area contributed by atoms with Crippen LogP contribution in [0.15, 0.2) is 33.5 Å². The van der Waals surface area contributed by atoms with Crippen LogP contribution < -0.4 is 5.76 Å². The molecule has 1 aromatic heterocycles. The van der Waals surface area contributed by atoms with Gasteiger partial charge in [-0.25, -0.2) is 4.79 Å². The lowest BCUT2D eigenvalue weighted by molar-refractivity contribution is 0.151. The van der Waals surface area contributed by atoms with Gasteiger partial charge in [-0.3, -0.25) is 4.57 Å². The Morgan fingerprint density at radius 1 is 1.05 bits per heavy atom. The second-order valence-corrected chi connectivity index (χ2v) is 5.49. The van der Waals surface area contributed by atoms with Gasteiger partial charge in [0.05, 0.1) is 5.52 Å². The number of halogens is 2. The van der Waals surface area contributed by atoms with E-state index in [4.69, 9.17) is 4.42 Å². The minimum atomic E-state index is -0.246. The lowest BCUT2D eigenvalue weighted by Crippen LogP contribution is -2.44. The van der Waals surface area contributed by atoms with E-state index in [0.29, 0.717) is 5.58 Å². The number of aryl methyl sites for hydroxylation is 1. The highest BCUT2D eigenvalue weighted by Gasteiger charge is 2.14. The highest BCUT2D eigenvalue weighted by Crippen LogP contribution is 2.12. The summed E-state index contributed by atoms with van der Waals surface area (Å²) in [4.78, 5) is 16.7. The Kier molecular flexibility index (Phi) is 7.42. The number of rotatable bonds is 4. The van der Waals surface area contributed by atoms with Crippen molar-refractivity contribution < 1.29 is 4.42 Å². The summed E-state index contributed by atoms with van der Waals surface area (Å²) in [6.07, 6.45) is 0.979. The van der Waals surface area contributed by atoms with E-state index < -0.39 is 0 Å². The molecule has 22 heavy (non-hydrogen) atoms. The fourth-order valence-corrected chi connectivity index (χ4v) is 2.75. The number of aromatic nitrogens is 1. The Labute approximate surface area is 142 Å². The van der Waals surface area contributed by atoms with Crippen molar-refractivity contribution >= 4 is 35.9 Å². The number of likely N-dealkylation sites (N-methyl/N-ethyl adjacent to an activating group) is 1. The van der Waals surface area contributed by atoms with Crippen LogP contribution >= 0.6 is 24.8 Å². The number of piperazine rings is 1. The van der Waals surface area contributed by atoms with E-state index in [2.05, 4.69) is 16.8 Å². The zero-order valence-electron chi connectivity index (χ0n) is 12.7. The van der Waals surface area contributed by atoms with Gasteiger partial charge in [0.25, 0.3) is 0 Å². The van der Waals surface area contributed by atoms with Gasteiger partial charge in [0.1, 0.15) is 0 Å². The number of fused-ring (bicyclic) bond motifs is 1. The van der Waals surface area contributed by atoms with E-state index in [1.165, 1.54) is 0 Å². The Morgan fingerprint density at radius 2 is 1.73 bits per heavy atom. The zero-order chi connectivity index (χ0) is 13.9. The van der Waals surface area contributed by atoms with E-state index in [1.54, 1.807) is 4.57 Å². The molecule has 3 rings (SSSR count). The number of benzene rings is 1. The molecule has 1 fully saturated rings. The van der Waals surface area contributed by atoms with Crippen LogP contribution in [0, 0.1) is 0 Å². The molecule has 0 bridgehead atoms. The molecule has 1 saturated heterocycles. The van der Waals surface area contributed by atoms with Gasteiger partial charge in [0.2, 0.25) is 0 Å². The topological polar surface area (TPSA) is 41.6 Å². The lowest BCUT2D eigenvalue weighted by atomic mass is 10.3. The summed E-state index contributed by atoms with van der Waals surface area (Å²) >= 11 is 0. The van der Waals surface area contributed by atoms with Crippen LogP contribution in [-0.4, -0.2) is 54.1 Å². The van der Waals surface area contributed by atoms with Crippen molar-refractivity contribution in [2.24, 2.45) is 0 Å². The summed E-state index contributed by atoms with van der Waals surface area (Å²) in [6, 6.07) is 7.61. The van der Waals surface area contributed by atoms with Crippen LogP contribution in [-0.2, 0) is 6.54 Å². The molecule has 0 atom stereocenters. The van der Waals surface area contributed by atoms with Crippen molar-refractivity contribution in [2.75, 3.05) is 39.8 Å². The third-order valence-corrected chi connectivity index (χ3v) is 4.03. The van der Waals surface area contributed by atoms with Crippen LogP contribution in [0.5, 0.6) is 0 Å². The van der Waals surface area contributed by atoms with Crippen molar-refractivity contribution in [2.45, 2.75) is 13.0 Å².